The van der Waals surface area contributed by atoms with E-state index in [0.717, 1.165) is 5.92 Å². The van der Waals surface area contributed by atoms with Gasteiger partial charge in [0.2, 0.25) is 0 Å². The van der Waals surface area contributed by atoms with Crippen LogP contribution in [0.4, 0.5) is 0 Å². The lowest BCUT2D eigenvalue weighted by Crippen LogP contribution is -2.29. The van der Waals surface area contributed by atoms with Gasteiger partial charge in [-0.1, -0.05) is 32.0 Å². The van der Waals surface area contributed by atoms with Gasteiger partial charge in [-0.05, 0) is 43.7 Å². The smallest absolute Gasteiger partial charge is 0.0388 e. The predicted molar refractivity (Wildman–Crippen MR) is 82.3 cm³/mol. The quantitative estimate of drug-likeness (QED) is 0.800. The van der Waals surface area contributed by atoms with Gasteiger partial charge in [0.25, 0.3) is 0 Å². The fourth-order valence-electron chi connectivity index (χ4n) is 2.50. The molecule has 0 aliphatic rings. The Balaban J connectivity index is 2.06. The molecule has 1 heterocycles. The first-order valence-electron chi connectivity index (χ1n) is 6.80. The van der Waals surface area contributed by atoms with Crippen molar-refractivity contribution in [3.63, 3.8) is 0 Å². The van der Waals surface area contributed by atoms with Crippen molar-refractivity contribution < 1.29 is 0 Å². The van der Waals surface area contributed by atoms with E-state index >= 15 is 0 Å². The van der Waals surface area contributed by atoms with Crippen LogP contribution in [0.25, 0.3) is 10.1 Å². The van der Waals surface area contributed by atoms with Crippen LogP contribution in [-0.4, -0.2) is 6.04 Å². The van der Waals surface area contributed by atoms with Gasteiger partial charge in [-0.2, -0.15) is 0 Å². The molecule has 2 unspecified atom stereocenters. The van der Waals surface area contributed by atoms with Gasteiger partial charge in [0, 0.05) is 21.7 Å². The zero-order valence-electron chi connectivity index (χ0n) is 11.7. The van der Waals surface area contributed by atoms with Gasteiger partial charge in [0.15, 0.2) is 0 Å². The van der Waals surface area contributed by atoms with Gasteiger partial charge >= 0.3 is 0 Å². The highest BCUT2D eigenvalue weighted by molar-refractivity contribution is 7.19. The Hall–Kier alpha value is -0.860. The summed E-state index contributed by atoms with van der Waals surface area (Å²) >= 11 is 1.90. The fourth-order valence-corrected chi connectivity index (χ4v) is 3.58. The molecule has 0 fully saturated rings. The first kappa shape index (κ1) is 13.6. The molecule has 2 atom stereocenters. The standard InChI is InChI=1S/C16H23NS/c1-11(2)9-12(3)17-13(4)16-10-14-7-5-6-8-15(14)18-16/h5-8,10-13,17H,9H2,1-4H3. The van der Waals surface area contributed by atoms with Gasteiger partial charge in [-0.25, -0.2) is 0 Å². The van der Waals surface area contributed by atoms with Crippen LogP contribution in [0.3, 0.4) is 0 Å². The highest BCUT2D eigenvalue weighted by Crippen LogP contribution is 2.29. The molecule has 98 valence electrons. The first-order chi connectivity index (χ1) is 8.56. The molecule has 18 heavy (non-hydrogen) atoms. The van der Waals surface area contributed by atoms with Crippen LogP contribution in [0.2, 0.25) is 0 Å². The van der Waals surface area contributed by atoms with E-state index in [1.807, 2.05) is 11.3 Å². The molecule has 1 aromatic heterocycles. The summed E-state index contributed by atoms with van der Waals surface area (Å²) in [6.45, 7) is 9.11. The molecule has 1 aromatic carbocycles. The highest BCUT2D eigenvalue weighted by Gasteiger charge is 2.13. The highest BCUT2D eigenvalue weighted by atomic mass is 32.1. The van der Waals surface area contributed by atoms with Crippen LogP contribution >= 0.6 is 11.3 Å². The van der Waals surface area contributed by atoms with Crippen LogP contribution in [0.15, 0.2) is 30.3 Å². The van der Waals surface area contributed by atoms with Crippen LogP contribution in [-0.2, 0) is 0 Å². The van der Waals surface area contributed by atoms with E-state index in [4.69, 9.17) is 0 Å². The van der Waals surface area contributed by atoms with Gasteiger partial charge in [0.1, 0.15) is 0 Å². The van der Waals surface area contributed by atoms with Crippen LogP contribution < -0.4 is 5.32 Å². The Bertz CT molecular complexity index is 468. The van der Waals surface area contributed by atoms with Crippen molar-refractivity contribution in [1.82, 2.24) is 5.32 Å². The van der Waals surface area contributed by atoms with Crippen molar-refractivity contribution in [2.75, 3.05) is 0 Å². The van der Waals surface area contributed by atoms with Crippen LogP contribution in [0.1, 0.15) is 45.0 Å². The van der Waals surface area contributed by atoms with Gasteiger partial charge < -0.3 is 5.32 Å². The minimum Gasteiger partial charge on any atom is -0.307 e. The third-order valence-corrected chi connectivity index (χ3v) is 4.53. The predicted octanol–water partition coefficient (Wildman–Crippen LogP) is 4.99. The zero-order valence-corrected chi connectivity index (χ0v) is 12.6. The average molecular weight is 261 g/mol. The summed E-state index contributed by atoms with van der Waals surface area (Å²) in [7, 11) is 0. The van der Waals surface area contributed by atoms with E-state index in [0.29, 0.717) is 12.1 Å². The Morgan fingerprint density at radius 2 is 1.83 bits per heavy atom. The van der Waals surface area contributed by atoms with Gasteiger partial charge in [-0.15, -0.1) is 11.3 Å². The molecular formula is C16H23NS. The van der Waals surface area contributed by atoms with Crippen molar-refractivity contribution >= 4 is 21.4 Å². The van der Waals surface area contributed by atoms with Gasteiger partial charge in [0.05, 0.1) is 0 Å². The van der Waals surface area contributed by atoms with Crippen molar-refractivity contribution in [3.05, 3.63) is 35.2 Å². The lowest BCUT2D eigenvalue weighted by Gasteiger charge is -2.20. The molecule has 0 spiro atoms. The monoisotopic (exact) mass is 261 g/mol. The van der Waals surface area contributed by atoms with E-state index in [2.05, 4.69) is 63.3 Å². The van der Waals surface area contributed by atoms with Crippen LogP contribution in [0, 0.1) is 5.92 Å². The summed E-state index contributed by atoms with van der Waals surface area (Å²) in [6, 6.07) is 12.0. The van der Waals surface area contributed by atoms with E-state index < -0.39 is 0 Å². The summed E-state index contributed by atoms with van der Waals surface area (Å²) in [4.78, 5) is 1.44. The summed E-state index contributed by atoms with van der Waals surface area (Å²) in [5, 5.41) is 5.06. The Kier molecular flexibility index (Phi) is 4.41. The third-order valence-electron chi connectivity index (χ3n) is 3.23. The normalized spacial score (nSPS) is 15.2. The lowest BCUT2D eigenvalue weighted by molar-refractivity contribution is 0.409. The van der Waals surface area contributed by atoms with Crippen molar-refractivity contribution in [2.45, 2.75) is 46.2 Å². The minimum atomic E-state index is 0.441. The summed E-state index contributed by atoms with van der Waals surface area (Å²) in [5.41, 5.74) is 0. The molecule has 1 nitrogen and oxygen atoms in total. The van der Waals surface area contributed by atoms with Crippen molar-refractivity contribution in [2.24, 2.45) is 5.92 Å². The molecule has 1 N–H and O–H groups in total. The second kappa shape index (κ2) is 5.85. The second-order valence-corrected chi connectivity index (χ2v) is 6.72. The third kappa shape index (κ3) is 3.33. The Morgan fingerprint density at radius 1 is 1.11 bits per heavy atom. The number of rotatable bonds is 5. The maximum absolute atomic E-state index is 3.70. The molecule has 0 radical (unpaired) electrons. The molecule has 0 amide bonds. The largest absolute Gasteiger partial charge is 0.307 e. The fraction of sp³-hybridized carbons (Fsp3) is 0.500. The van der Waals surface area contributed by atoms with Crippen molar-refractivity contribution in [3.8, 4) is 0 Å². The van der Waals surface area contributed by atoms with E-state index in [1.165, 1.54) is 21.4 Å². The molecule has 2 heteroatoms. The number of hydrogen-bond donors (Lipinski definition) is 1. The topological polar surface area (TPSA) is 12.0 Å². The van der Waals surface area contributed by atoms with Gasteiger partial charge in [-0.3, -0.25) is 0 Å². The average Bonchev–Trinajstić information content (AvgIpc) is 2.71. The SMILES string of the molecule is CC(C)CC(C)NC(C)c1cc2ccccc2s1. The summed E-state index contributed by atoms with van der Waals surface area (Å²) in [5.74, 6) is 0.752. The van der Waals surface area contributed by atoms with E-state index in [-0.39, 0.29) is 0 Å². The number of benzene rings is 1. The molecule has 2 rings (SSSR count). The number of thiophene rings is 1. The molecular weight excluding hydrogens is 238 g/mol. The number of nitrogens with one attached hydrogen (secondary N) is 1. The van der Waals surface area contributed by atoms with Crippen LogP contribution in [0.5, 0.6) is 0 Å². The Labute approximate surface area is 114 Å². The second-order valence-electron chi connectivity index (χ2n) is 5.61. The maximum atomic E-state index is 3.70. The first-order valence-corrected chi connectivity index (χ1v) is 7.62. The molecule has 0 aliphatic heterocycles. The number of fused-ring (bicyclic) bond motifs is 1. The summed E-state index contributed by atoms with van der Waals surface area (Å²) in [6.07, 6.45) is 1.23. The van der Waals surface area contributed by atoms with E-state index in [9.17, 15) is 0 Å². The molecule has 0 bridgehead atoms. The molecule has 0 saturated carbocycles. The molecule has 0 saturated heterocycles. The Morgan fingerprint density at radius 3 is 2.50 bits per heavy atom. The number of hydrogen-bond acceptors (Lipinski definition) is 2. The lowest BCUT2D eigenvalue weighted by atomic mass is 10.0. The summed E-state index contributed by atoms with van der Waals surface area (Å²) < 4.78 is 1.39. The van der Waals surface area contributed by atoms with E-state index in [1.54, 1.807) is 0 Å². The maximum Gasteiger partial charge on any atom is 0.0388 e. The van der Waals surface area contributed by atoms with Crippen molar-refractivity contribution in [1.29, 1.82) is 0 Å². The molecule has 2 aromatic rings. The zero-order chi connectivity index (χ0) is 13.1. The minimum absolute atomic E-state index is 0.441. The molecule has 0 aliphatic carbocycles.